The van der Waals surface area contributed by atoms with Crippen LogP contribution in [0.1, 0.15) is 26.3 Å². The molecule has 0 aromatic heterocycles. The molecule has 0 saturated carbocycles. The molecule has 0 heterocycles. The molecule has 19 heavy (non-hydrogen) atoms. The van der Waals surface area contributed by atoms with E-state index in [-0.39, 0.29) is 54.6 Å². The van der Waals surface area contributed by atoms with Gasteiger partial charge >= 0.3 is 43.7 Å². The van der Waals surface area contributed by atoms with Crippen LogP contribution in [0, 0.1) is 0 Å². The van der Waals surface area contributed by atoms with Gasteiger partial charge in [-0.2, -0.15) is 0 Å². The van der Waals surface area contributed by atoms with Crippen molar-refractivity contribution in [2.24, 2.45) is 0 Å². The average Bonchev–Trinajstić information content (AvgIpc) is 2.38. The molecule has 90 valence electrons. The molecule has 0 atom stereocenters. The quantitative estimate of drug-likeness (QED) is 0.679. The van der Waals surface area contributed by atoms with E-state index in [1.807, 2.05) is 0 Å². The van der Waals surface area contributed by atoms with Gasteiger partial charge in [0, 0.05) is 11.1 Å². The second kappa shape index (κ2) is 6.70. The molecule has 2 aromatic rings. The number of rotatable bonds is 3. The number of carboxylic acids is 1. The van der Waals surface area contributed by atoms with E-state index in [2.05, 4.69) is 0 Å². The van der Waals surface area contributed by atoms with Crippen molar-refractivity contribution in [2.75, 3.05) is 0 Å². The van der Waals surface area contributed by atoms with E-state index in [0.29, 0.717) is 5.56 Å². The molecule has 0 fully saturated rings. The molecule has 5 heteroatoms. The summed E-state index contributed by atoms with van der Waals surface area (Å²) in [7, 11) is 0. The summed E-state index contributed by atoms with van der Waals surface area (Å²) in [4.78, 5) is 22.7. The van der Waals surface area contributed by atoms with Crippen LogP contribution in [-0.4, -0.2) is 54.6 Å². The first-order valence-electron chi connectivity index (χ1n) is 5.23. The molecule has 0 aliphatic rings. The maximum absolute atomic E-state index is 12.0. The molecular formula is C14H9CaO4+. The van der Waals surface area contributed by atoms with Crippen molar-refractivity contribution in [1.82, 2.24) is 0 Å². The molecule has 2 rings (SSSR count). The van der Waals surface area contributed by atoms with Gasteiger partial charge in [0.15, 0.2) is 5.78 Å². The maximum atomic E-state index is 12.0. The van der Waals surface area contributed by atoms with Crippen molar-refractivity contribution in [1.29, 1.82) is 0 Å². The standard InChI is InChI=1S/C14H10O4.Ca/c15-12-8-10(6-7-11(12)14(17)18)13(16)9-4-2-1-3-5-9;/h1-8,15H,(H,17,18);/q;+2/p-1. The predicted molar refractivity (Wildman–Crippen MR) is 68.5 cm³/mol. The second-order valence-corrected chi connectivity index (χ2v) is 3.71. The average molecular weight is 281 g/mol. The number of benzene rings is 2. The zero-order valence-electron chi connectivity index (χ0n) is 10.00. The van der Waals surface area contributed by atoms with Crippen LogP contribution in [0.15, 0.2) is 48.5 Å². The van der Waals surface area contributed by atoms with Crippen molar-refractivity contribution in [2.45, 2.75) is 0 Å². The number of hydrogen-bond donors (Lipinski definition) is 1. The van der Waals surface area contributed by atoms with Crippen LogP contribution in [0.3, 0.4) is 0 Å². The molecule has 0 radical (unpaired) electrons. The fourth-order valence-corrected chi connectivity index (χ4v) is 1.60. The molecule has 2 aromatic carbocycles. The topological polar surface area (TPSA) is 77.4 Å². The Morgan fingerprint density at radius 3 is 2.11 bits per heavy atom. The summed E-state index contributed by atoms with van der Waals surface area (Å²) in [5.41, 5.74) is 0.316. The smallest absolute Gasteiger partial charge is 0.872 e. The largest absolute Gasteiger partial charge is 2.00 e. The zero-order chi connectivity index (χ0) is 13.1. The van der Waals surface area contributed by atoms with Gasteiger partial charge in [-0.3, -0.25) is 4.79 Å². The first kappa shape index (κ1) is 15.7. The Labute approximate surface area is 139 Å². The monoisotopic (exact) mass is 281 g/mol. The van der Waals surface area contributed by atoms with E-state index >= 15 is 0 Å². The molecule has 1 N–H and O–H groups in total. The van der Waals surface area contributed by atoms with Crippen LogP contribution in [-0.2, 0) is 0 Å². The van der Waals surface area contributed by atoms with Crippen molar-refractivity contribution < 1.29 is 19.8 Å². The van der Waals surface area contributed by atoms with E-state index in [0.717, 1.165) is 12.1 Å². The van der Waals surface area contributed by atoms with Gasteiger partial charge in [-0.15, -0.1) is 0 Å². The molecule has 4 nitrogen and oxygen atoms in total. The minimum atomic E-state index is -1.29. The molecular weight excluding hydrogens is 272 g/mol. The summed E-state index contributed by atoms with van der Waals surface area (Å²) in [5, 5.41) is 20.2. The number of ketones is 1. The van der Waals surface area contributed by atoms with Gasteiger partial charge in [0.25, 0.3) is 0 Å². The van der Waals surface area contributed by atoms with Crippen molar-refractivity contribution in [3.63, 3.8) is 0 Å². The molecule has 0 amide bonds. The van der Waals surface area contributed by atoms with Gasteiger partial charge in [-0.25, -0.2) is 4.79 Å². The summed E-state index contributed by atoms with van der Waals surface area (Å²) in [5.74, 6) is -2.26. The second-order valence-electron chi connectivity index (χ2n) is 3.71. The van der Waals surface area contributed by atoms with Crippen molar-refractivity contribution in [3.8, 4) is 5.75 Å². The van der Waals surface area contributed by atoms with E-state index in [1.54, 1.807) is 30.3 Å². The Morgan fingerprint density at radius 2 is 1.58 bits per heavy atom. The van der Waals surface area contributed by atoms with Gasteiger partial charge in [0.1, 0.15) is 0 Å². The summed E-state index contributed by atoms with van der Waals surface area (Å²) in [6, 6.07) is 12.0. The summed E-state index contributed by atoms with van der Waals surface area (Å²) in [6.07, 6.45) is 0. The molecule has 0 saturated heterocycles. The summed E-state index contributed by atoms with van der Waals surface area (Å²) in [6.45, 7) is 0. The summed E-state index contributed by atoms with van der Waals surface area (Å²) >= 11 is 0. The molecule has 0 unspecified atom stereocenters. The number of carbonyl (C=O) groups excluding carboxylic acids is 1. The van der Waals surface area contributed by atoms with Gasteiger partial charge in [-0.05, 0) is 6.07 Å². The number of aromatic carboxylic acids is 1. The third-order valence-corrected chi connectivity index (χ3v) is 2.51. The summed E-state index contributed by atoms with van der Waals surface area (Å²) < 4.78 is 0. The fourth-order valence-electron chi connectivity index (χ4n) is 1.60. The van der Waals surface area contributed by atoms with Crippen molar-refractivity contribution >= 4 is 49.5 Å². The van der Waals surface area contributed by atoms with Crippen LogP contribution >= 0.6 is 0 Å². The molecule has 0 aliphatic carbocycles. The van der Waals surface area contributed by atoms with E-state index in [4.69, 9.17) is 5.11 Å². The van der Waals surface area contributed by atoms with Crippen LogP contribution in [0.4, 0.5) is 0 Å². The molecule has 0 aliphatic heterocycles. The van der Waals surface area contributed by atoms with Gasteiger partial charge in [0.05, 0.1) is 5.56 Å². The Hall–Kier alpha value is -1.36. The maximum Gasteiger partial charge on any atom is 2.00 e. The number of hydrogen-bond acceptors (Lipinski definition) is 3. The first-order chi connectivity index (χ1) is 8.59. The van der Waals surface area contributed by atoms with Crippen molar-refractivity contribution in [3.05, 3.63) is 65.2 Å². The molecule has 0 bridgehead atoms. The number of carbonyl (C=O) groups is 2. The SMILES string of the molecule is O=C(c1ccccc1)c1ccc(C(=O)O)c([O-])c1.[Ca+2]. The first-order valence-corrected chi connectivity index (χ1v) is 5.23. The Balaban J connectivity index is 0.00000180. The predicted octanol–water partition coefficient (Wildman–Crippen LogP) is 1.31. The third kappa shape index (κ3) is 3.56. The minimum Gasteiger partial charge on any atom is -0.872 e. The Morgan fingerprint density at radius 1 is 0.947 bits per heavy atom. The van der Waals surface area contributed by atoms with Crippen LogP contribution in [0.5, 0.6) is 5.75 Å². The zero-order valence-corrected chi connectivity index (χ0v) is 12.2. The molecule has 0 spiro atoms. The van der Waals surface area contributed by atoms with Crippen LogP contribution in [0.2, 0.25) is 0 Å². The van der Waals surface area contributed by atoms with Gasteiger partial charge in [-0.1, -0.05) is 48.2 Å². The Kier molecular flexibility index (Phi) is 5.54. The van der Waals surface area contributed by atoms with Crippen LogP contribution < -0.4 is 5.11 Å². The van der Waals surface area contributed by atoms with Crippen LogP contribution in [0.25, 0.3) is 0 Å². The minimum absolute atomic E-state index is 0. The van der Waals surface area contributed by atoms with E-state index < -0.39 is 11.7 Å². The van der Waals surface area contributed by atoms with Gasteiger partial charge < -0.3 is 10.2 Å². The van der Waals surface area contributed by atoms with E-state index in [1.165, 1.54) is 6.07 Å². The third-order valence-electron chi connectivity index (χ3n) is 2.51. The van der Waals surface area contributed by atoms with Gasteiger partial charge in [0.2, 0.25) is 0 Å². The Bertz CT molecular complexity index is 608. The van der Waals surface area contributed by atoms with E-state index in [9.17, 15) is 14.7 Å². The number of carboxylic acid groups (broad SMARTS) is 1. The fraction of sp³-hybridized carbons (Fsp3) is 0. The normalized spacial score (nSPS) is 9.47.